The van der Waals surface area contributed by atoms with Crippen molar-refractivity contribution in [3.8, 4) is 16.2 Å². The Hall–Kier alpha value is -2.16. The van der Waals surface area contributed by atoms with Crippen LogP contribution < -0.4 is 10.7 Å². The summed E-state index contributed by atoms with van der Waals surface area (Å²) in [5, 5.41) is 30.1. The maximum absolute atomic E-state index is 10.6. The third-order valence-corrected chi connectivity index (χ3v) is 5.98. The first-order valence-electron chi connectivity index (χ1n) is 8.46. The molecule has 1 heterocycles. The molecule has 0 atom stereocenters. The third-order valence-electron chi connectivity index (χ3n) is 4.03. The molecule has 29 heavy (non-hydrogen) atoms. The van der Waals surface area contributed by atoms with Gasteiger partial charge < -0.3 is 15.5 Å². The number of hydrogen-bond acceptors (Lipinski definition) is 5. The molecule has 0 spiro atoms. The van der Waals surface area contributed by atoms with Gasteiger partial charge in [-0.05, 0) is 54.5 Å². The fourth-order valence-corrected chi connectivity index (χ4v) is 4.02. The predicted molar refractivity (Wildman–Crippen MR) is 125 cm³/mol. The molecule has 0 aliphatic rings. The number of nitrogens with one attached hydrogen (secondary N) is 2. The van der Waals surface area contributed by atoms with Gasteiger partial charge in [0.25, 0.3) is 0 Å². The van der Waals surface area contributed by atoms with Crippen LogP contribution >= 0.6 is 46.8 Å². The first-order chi connectivity index (χ1) is 13.9. The van der Waals surface area contributed by atoms with Crippen molar-refractivity contribution >= 4 is 63.3 Å². The zero-order valence-corrected chi connectivity index (χ0v) is 18.4. The minimum Gasteiger partial charge on any atom is -0.506 e. The van der Waals surface area contributed by atoms with E-state index in [2.05, 4.69) is 15.8 Å². The lowest BCUT2D eigenvalue weighted by Crippen LogP contribution is -2.25. The van der Waals surface area contributed by atoms with Gasteiger partial charge in [0.2, 0.25) is 0 Å². The van der Waals surface area contributed by atoms with Crippen molar-refractivity contribution in [1.82, 2.24) is 5.43 Å². The van der Waals surface area contributed by atoms with Crippen LogP contribution in [0.4, 0.5) is 5.69 Å². The van der Waals surface area contributed by atoms with E-state index in [-0.39, 0.29) is 12.4 Å². The second kappa shape index (κ2) is 9.56. The van der Waals surface area contributed by atoms with Crippen molar-refractivity contribution < 1.29 is 10.2 Å². The smallest absolute Gasteiger partial charge is 0.191 e. The highest BCUT2D eigenvalue weighted by atomic mass is 35.5. The van der Waals surface area contributed by atoms with E-state index in [1.54, 1.807) is 31.2 Å². The van der Waals surface area contributed by atoms with E-state index in [1.165, 1.54) is 11.3 Å². The molecule has 0 aliphatic heterocycles. The fraction of sp³-hybridized carbons (Fsp3) is 0.100. The molecule has 0 saturated carbocycles. The van der Waals surface area contributed by atoms with Crippen molar-refractivity contribution in [3.63, 3.8) is 0 Å². The molecule has 1 aromatic heterocycles. The van der Waals surface area contributed by atoms with E-state index >= 15 is 0 Å². The van der Waals surface area contributed by atoms with Gasteiger partial charge in [-0.15, -0.1) is 11.3 Å². The van der Waals surface area contributed by atoms with Gasteiger partial charge >= 0.3 is 0 Å². The molecule has 0 bridgehead atoms. The molecule has 3 rings (SSSR count). The van der Waals surface area contributed by atoms with E-state index in [9.17, 15) is 10.2 Å². The molecule has 9 heteroatoms. The molecule has 0 radical (unpaired) electrons. The molecule has 0 fully saturated rings. The number of aliphatic hydroxyl groups is 1. The Balaban J connectivity index is 1.72. The van der Waals surface area contributed by atoms with E-state index in [1.807, 2.05) is 23.6 Å². The number of thiocarbonyl (C=S) groups is 1. The number of halogens is 2. The average molecular weight is 466 g/mol. The lowest BCUT2D eigenvalue weighted by atomic mass is 10.1. The summed E-state index contributed by atoms with van der Waals surface area (Å²) in [4.78, 5) is 0.676. The summed E-state index contributed by atoms with van der Waals surface area (Å²) in [5.41, 5.74) is 6.20. The highest BCUT2D eigenvalue weighted by molar-refractivity contribution is 7.80. The van der Waals surface area contributed by atoms with E-state index in [4.69, 9.17) is 35.4 Å². The lowest BCUT2D eigenvalue weighted by Gasteiger charge is -2.09. The van der Waals surface area contributed by atoms with Crippen molar-refractivity contribution in [2.45, 2.75) is 13.5 Å². The van der Waals surface area contributed by atoms with Crippen LogP contribution in [0.5, 0.6) is 5.75 Å². The number of hydrogen-bond donors (Lipinski definition) is 4. The maximum atomic E-state index is 10.6. The van der Waals surface area contributed by atoms with Crippen LogP contribution in [0, 0.1) is 0 Å². The Morgan fingerprint density at radius 3 is 2.69 bits per heavy atom. The summed E-state index contributed by atoms with van der Waals surface area (Å²) in [6.45, 7) is 1.72. The molecule has 0 unspecified atom stereocenters. The highest BCUT2D eigenvalue weighted by Gasteiger charge is 2.15. The number of nitrogens with zero attached hydrogens (tertiary/aromatic N) is 1. The van der Waals surface area contributed by atoms with Crippen LogP contribution in [0.15, 0.2) is 52.9 Å². The van der Waals surface area contributed by atoms with Crippen molar-refractivity contribution in [2.24, 2.45) is 5.10 Å². The SMILES string of the molecule is C/C(=N\NC(=S)Nc1cccc(CO)c1)c1csc(-c2ccc(Cl)c(Cl)c2)c1O. The first-order valence-corrected chi connectivity index (χ1v) is 10.5. The Labute approximate surface area is 187 Å². The Morgan fingerprint density at radius 2 is 1.97 bits per heavy atom. The molecular formula is C20H17Cl2N3O2S2. The summed E-state index contributed by atoms with van der Waals surface area (Å²) in [5.74, 6) is 0.117. The van der Waals surface area contributed by atoms with Crippen LogP contribution in [0.3, 0.4) is 0 Å². The zero-order chi connectivity index (χ0) is 21.0. The molecule has 5 nitrogen and oxygen atoms in total. The molecular weight excluding hydrogens is 449 g/mol. The number of aliphatic hydroxyl groups excluding tert-OH is 1. The van der Waals surface area contributed by atoms with Crippen molar-refractivity contribution in [1.29, 1.82) is 0 Å². The van der Waals surface area contributed by atoms with Gasteiger partial charge in [-0.2, -0.15) is 5.10 Å². The van der Waals surface area contributed by atoms with Crippen LogP contribution in [0.1, 0.15) is 18.1 Å². The van der Waals surface area contributed by atoms with Gasteiger partial charge in [-0.3, -0.25) is 5.43 Å². The number of benzene rings is 2. The van der Waals surface area contributed by atoms with Gasteiger partial charge in [0.15, 0.2) is 5.11 Å². The molecule has 0 aliphatic carbocycles. The second-order valence-corrected chi connectivity index (χ2v) is 8.18. The Bertz CT molecular complexity index is 1080. The first kappa shape index (κ1) is 21.5. The maximum Gasteiger partial charge on any atom is 0.191 e. The molecule has 0 saturated heterocycles. The second-order valence-electron chi connectivity index (χ2n) is 6.08. The molecule has 3 aromatic rings. The van der Waals surface area contributed by atoms with E-state index in [0.29, 0.717) is 31.3 Å². The minimum atomic E-state index is -0.0500. The van der Waals surface area contributed by atoms with Crippen LogP contribution in [0.25, 0.3) is 10.4 Å². The molecule has 150 valence electrons. The number of rotatable bonds is 5. The quantitative estimate of drug-likeness (QED) is 0.223. The number of anilines is 1. The van der Waals surface area contributed by atoms with Gasteiger partial charge in [-0.1, -0.05) is 41.4 Å². The third kappa shape index (κ3) is 5.26. The Kier molecular flexibility index (Phi) is 7.10. The summed E-state index contributed by atoms with van der Waals surface area (Å²) < 4.78 is 0. The zero-order valence-electron chi connectivity index (χ0n) is 15.2. The predicted octanol–water partition coefficient (Wildman–Crippen LogP) is 5.63. The molecule has 2 aromatic carbocycles. The summed E-state index contributed by atoms with van der Waals surface area (Å²) in [7, 11) is 0. The molecule has 0 amide bonds. The van der Waals surface area contributed by atoms with E-state index in [0.717, 1.165) is 16.8 Å². The Morgan fingerprint density at radius 1 is 1.17 bits per heavy atom. The largest absolute Gasteiger partial charge is 0.506 e. The van der Waals surface area contributed by atoms with Crippen molar-refractivity contribution in [2.75, 3.05) is 5.32 Å². The topological polar surface area (TPSA) is 76.9 Å². The average Bonchev–Trinajstić information content (AvgIpc) is 3.10. The van der Waals surface area contributed by atoms with Gasteiger partial charge in [-0.25, -0.2) is 0 Å². The summed E-state index contributed by atoms with van der Waals surface area (Å²) in [6.07, 6.45) is 0. The normalized spacial score (nSPS) is 11.4. The number of hydrazone groups is 1. The summed E-state index contributed by atoms with van der Waals surface area (Å²) in [6, 6.07) is 12.5. The number of aromatic hydroxyl groups is 1. The van der Waals surface area contributed by atoms with E-state index < -0.39 is 0 Å². The molecule has 4 N–H and O–H groups in total. The van der Waals surface area contributed by atoms with Crippen LogP contribution in [0.2, 0.25) is 10.0 Å². The van der Waals surface area contributed by atoms with Gasteiger partial charge in [0.1, 0.15) is 5.75 Å². The summed E-state index contributed by atoms with van der Waals surface area (Å²) >= 11 is 18.7. The fourth-order valence-electron chi connectivity index (χ4n) is 2.55. The van der Waals surface area contributed by atoms with Crippen LogP contribution in [-0.2, 0) is 6.61 Å². The highest BCUT2D eigenvalue weighted by Crippen LogP contribution is 2.40. The minimum absolute atomic E-state index is 0.0500. The monoisotopic (exact) mass is 465 g/mol. The van der Waals surface area contributed by atoms with Gasteiger partial charge in [0, 0.05) is 11.1 Å². The van der Waals surface area contributed by atoms with Gasteiger partial charge in [0.05, 0.1) is 32.8 Å². The van der Waals surface area contributed by atoms with Crippen molar-refractivity contribution in [3.05, 3.63) is 69.0 Å². The number of thiophene rings is 1. The standard InChI is InChI=1S/C20H17Cl2N3O2S2/c1-11(24-25-20(28)23-14-4-2-3-12(7-14)9-26)15-10-29-19(18(15)27)13-5-6-16(21)17(22)8-13/h2-8,10,26-27H,9H2,1H3,(H2,23,25,28)/b24-11+. The van der Waals surface area contributed by atoms with Crippen LogP contribution in [-0.4, -0.2) is 21.0 Å². The lowest BCUT2D eigenvalue weighted by molar-refractivity contribution is 0.282.